The molecule has 112 valence electrons. The highest BCUT2D eigenvalue weighted by Crippen LogP contribution is 2.24. The van der Waals surface area contributed by atoms with Gasteiger partial charge in [-0.1, -0.05) is 30.3 Å². The van der Waals surface area contributed by atoms with Crippen LogP contribution in [0.2, 0.25) is 0 Å². The number of hydrogen-bond acceptors (Lipinski definition) is 3. The largest absolute Gasteiger partial charge is 0.331 e. The summed E-state index contributed by atoms with van der Waals surface area (Å²) in [6, 6.07) is 11.7. The second-order valence-electron chi connectivity index (χ2n) is 5.95. The van der Waals surface area contributed by atoms with Crippen LogP contribution < -0.4 is 5.32 Å². The van der Waals surface area contributed by atoms with Crippen LogP contribution in [0.25, 0.3) is 0 Å². The van der Waals surface area contributed by atoms with Crippen LogP contribution in [0, 0.1) is 0 Å². The van der Waals surface area contributed by atoms with Crippen molar-refractivity contribution in [2.75, 3.05) is 19.6 Å². The van der Waals surface area contributed by atoms with Crippen LogP contribution in [0.4, 0.5) is 0 Å². The monoisotopic (exact) mass is 284 g/mol. The van der Waals surface area contributed by atoms with Gasteiger partial charge in [0.15, 0.2) is 0 Å². The van der Waals surface area contributed by atoms with Crippen molar-refractivity contribution < 1.29 is 0 Å². The Hall–Kier alpha value is -1.65. The third-order valence-electron chi connectivity index (χ3n) is 4.19. The predicted octanol–water partition coefficient (Wildman–Crippen LogP) is 2.61. The second-order valence-corrected chi connectivity index (χ2v) is 5.95. The minimum Gasteiger partial charge on any atom is -0.331 e. The molecule has 1 aromatic carbocycles. The molecule has 4 heteroatoms. The van der Waals surface area contributed by atoms with E-state index in [0.717, 1.165) is 32.0 Å². The lowest BCUT2D eigenvalue weighted by atomic mass is 10.0. The van der Waals surface area contributed by atoms with Crippen LogP contribution in [-0.2, 0) is 6.54 Å². The Morgan fingerprint density at radius 2 is 2.10 bits per heavy atom. The zero-order chi connectivity index (χ0) is 14.7. The quantitative estimate of drug-likeness (QED) is 0.937. The predicted molar refractivity (Wildman–Crippen MR) is 85.1 cm³/mol. The zero-order valence-corrected chi connectivity index (χ0v) is 12.9. The Morgan fingerprint density at radius 1 is 1.29 bits per heavy atom. The van der Waals surface area contributed by atoms with Crippen molar-refractivity contribution in [2.24, 2.45) is 0 Å². The van der Waals surface area contributed by atoms with Crippen LogP contribution >= 0.6 is 0 Å². The normalized spacial score (nSPS) is 20.0. The van der Waals surface area contributed by atoms with Gasteiger partial charge in [-0.05, 0) is 19.4 Å². The number of piperazine rings is 1. The molecule has 0 radical (unpaired) electrons. The Morgan fingerprint density at radius 3 is 2.86 bits per heavy atom. The first-order valence-corrected chi connectivity index (χ1v) is 7.77. The van der Waals surface area contributed by atoms with E-state index in [2.05, 4.69) is 70.1 Å². The Labute approximate surface area is 126 Å². The average Bonchev–Trinajstić information content (AvgIpc) is 2.97. The van der Waals surface area contributed by atoms with Gasteiger partial charge in [0.1, 0.15) is 5.82 Å². The minimum absolute atomic E-state index is 0.428. The van der Waals surface area contributed by atoms with Gasteiger partial charge in [-0.2, -0.15) is 0 Å². The van der Waals surface area contributed by atoms with E-state index >= 15 is 0 Å². The van der Waals surface area contributed by atoms with Crippen LogP contribution in [0.3, 0.4) is 0 Å². The standard InChI is InChI=1S/C17H24N4/c1-14(2)21-11-9-19-17(21)13-20-10-8-18-12-16(20)15-6-4-3-5-7-15/h3-7,9,11,14,16,18H,8,10,12-13H2,1-2H3/t16-/m0/s1. The van der Waals surface area contributed by atoms with Gasteiger partial charge in [0, 0.05) is 44.1 Å². The summed E-state index contributed by atoms with van der Waals surface area (Å²) < 4.78 is 2.27. The maximum absolute atomic E-state index is 4.56. The van der Waals surface area contributed by atoms with E-state index in [9.17, 15) is 0 Å². The fourth-order valence-corrected chi connectivity index (χ4v) is 3.06. The number of hydrogen-bond donors (Lipinski definition) is 1. The Kier molecular flexibility index (Phi) is 4.36. The second kappa shape index (κ2) is 6.41. The van der Waals surface area contributed by atoms with Crippen molar-refractivity contribution in [1.82, 2.24) is 19.8 Å². The first-order valence-electron chi connectivity index (χ1n) is 7.77. The zero-order valence-electron chi connectivity index (χ0n) is 12.9. The maximum atomic E-state index is 4.56. The third kappa shape index (κ3) is 3.17. The molecule has 3 rings (SSSR count). The van der Waals surface area contributed by atoms with Crippen molar-refractivity contribution in [3.8, 4) is 0 Å². The molecule has 1 saturated heterocycles. The molecule has 1 atom stereocenters. The fourth-order valence-electron chi connectivity index (χ4n) is 3.06. The molecule has 0 spiro atoms. The van der Waals surface area contributed by atoms with Gasteiger partial charge in [-0.3, -0.25) is 4.90 Å². The summed E-state index contributed by atoms with van der Waals surface area (Å²) >= 11 is 0. The molecule has 0 saturated carbocycles. The van der Waals surface area contributed by atoms with E-state index in [-0.39, 0.29) is 0 Å². The average molecular weight is 284 g/mol. The molecule has 1 aromatic heterocycles. The molecule has 21 heavy (non-hydrogen) atoms. The van der Waals surface area contributed by atoms with Gasteiger partial charge >= 0.3 is 0 Å². The lowest BCUT2D eigenvalue weighted by Crippen LogP contribution is -2.45. The minimum atomic E-state index is 0.428. The molecule has 2 aromatic rings. The lowest BCUT2D eigenvalue weighted by molar-refractivity contribution is 0.147. The highest BCUT2D eigenvalue weighted by molar-refractivity contribution is 5.20. The summed E-state index contributed by atoms with van der Waals surface area (Å²) in [5.41, 5.74) is 1.38. The van der Waals surface area contributed by atoms with Gasteiger partial charge in [0.05, 0.1) is 6.54 Å². The van der Waals surface area contributed by atoms with E-state index in [0.29, 0.717) is 12.1 Å². The Bertz CT molecular complexity index is 561. The summed E-state index contributed by atoms with van der Waals surface area (Å²) in [5, 5.41) is 3.51. The molecule has 0 bridgehead atoms. The Balaban J connectivity index is 1.80. The molecule has 1 aliphatic rings. The van der Waals surface area contributed by atoms with Crippen molar-refractivity contribution in [1.29, 1.82) is 0 Å². The number of imidazole rings is 1. The van der Waals surface area contributed by atoms with Crippen molar-refractivity contribution in [3.05, 3.63) is 54.1 Å². The topological polar surface area (TPSA) is 33.1 Å². The molecule has 0 unspecified atom stereocenters. The highest BCUT2D eigenvalue weighted by atomic mass is 15.2. The number of benzene rings is 1. The summed E-state index contributed by atoms with van der Waals surface area (Å²) in [4.78, 5) is 7.10. The number of rotatable bonds is 4. The van der Waals surface area contributed by atoms with Gasteiger partial charge < -0.3 is 9.88 Å². The van der Waals surface area contributed by atoms with Crippen LogP contribution in [0.1, 0.15) is 37.3 Å². The number of nitrogens with one attached hydrogen (secondary N) is 1. The molecule has 1 N–H and O–H groups in total. The molecular formula is C17H24N4. The molecule has 1 fully saturated rings. The van der Waals surface area contributed by atoms with Gasteiger partial charge in [0.2, 0.25) is 0 Å². The molecule has 0 amide bonds. The van der Waals surface area contributed by atoms with Crippen molar-refractivity contribution >= 4 is 0 Å². The van der Waals surface area contributed by atoms with Gasteiger partial charge in [0.25, 0.3) is 0 Å². The number of aromatic nitrogens is 2. The van der Waals surface area contributed by atoms with Crippen molar-refractivity contribution in [2.45, 2.75) is 32.5 Å². The van der Waals surface area contributed by atoms with Crippen molar-refractivity contribution in [3.63, 3.8) is 0 Å². The summed E-state index contributed by atoms with van der Waals surface area (Å²) in [6.07, 6.45) is 3.99. The van der Waals surface area contributed by atoms with E-state index in [4.69, 9.17) is 0 Å². The molecule has 1 aliphatic heterocycles. The van der Waals surface area contributed by atoms with E-state index in [1.165, 1.54) is 5.56 Å². The molecule has 2 heterocycles. The molecule has 0 aliphatic carbocycles. The first-order chi connectivity index (χ1) is 10.3. The lowest BCUT2D eigenvalue weighted by Gasteiger charge is -2.36. The van der Waals surface area contributed by atoms with E-state index in [1.54, 1.807) is 0 Å². The van der Waals surface area contributed by atoms with E-state index < -0.39 is 0 Å². The fraction of sp³-hybridized carbons (Fsp3) is 0.471. The maximum Gasteiger partial charge on any atom is 0.123 e. The van der Waals surface area contributed by atoms with Crippen LogP contribution in [0.15, 0.2) is 42.7 Å². The summed E-state index contributed by atoms with van der Waals surface area (Å²) in [7, 11) is 0. The van der Waals surface area contributed by atoms with Crippen LogP contribution in [0.5, 0.6) is 0 Å². The smallest absolute Gasteiger partial charge is 0.123 e. The highest BCUT2D eigenvalue weighted by Gasteiger charge is 2.24. The number of nitrogens with zero attached hydrogens (tertiary/aromatic N) is 3. The summed E-state index contributed by atoms with van der Waals surface area (Å²) in [5.74, 6) is 1.16. The molecular weight excluding hydrogens is 260 g/mol. The first kappa shape index (κ1) is 14.3. The van der Waals surface area contributed by atoms with Gasteiger partial charge in [-0.15, -0.1) is 0 Å². The summed E-state index contributed by atoms with van der Waals surface area (Å²) in [6.45, 7) is 8.43. The third-order valence-corrected chi connectivity index (χ3v) is 4.19. The molecule has 4 nitrogen and oxygen atoms in total. The SMILES string of the molecule is CC(C)n1ccnc1CN1CCNC[C@H]1c1ccccc1. The van der Waals surface area contributed by atoms with E-state index in [1.807, 2.05) is 6.20 Å². The van der Waals surface area contributed by atoms with Crippen LogP contribution in [-0.4, -0.2) is 34.1 Å². The van der Waals surface area contributed by atoms with Gasteiger partial charge in [-0.25, -0.2) is 4.98 Å².